The molecular weight excluding hydrogens is 354 g/mol. The fraction of sp³-hybridized carbons (Fsp3) is 0.182. The van der Waals surface area contributed by atoms with Gasteiger partial charge in [0.15, 0.2) is 11.5 Å². The van der Waals surface area contributed by atoms with E-state index in [0.29, 0.717) is 36.1 Å². The summed E-state index contributed by atoms with van der Waals surface area (Å²) < 4.78 is 11.1. The van der Waals surface area contributed by atoms with Crippen LogP contribution < -0.4 is 19.7 Å². The van der Waals surface area contributed by atoms with E-state index < -0.39 is 0 Å². The Morgan fingerprint density at radius 2 is 1.86 bits per heavy atom. The predicted molar refractivity (Wildman–Crippen MR) is 107 cm³/mol. The van der Waals surface area contributed by atoms with Crippen LogP contribution in [0, 0.1) is 0 Å². The highest BCUT2D eigenvalue weighted by Gasteiger charge is 2.21. The summed E-state index contributed by atoms with van der Waals surface area (Å²) in [6.45, 7) is 1.94. The normalized spacial score (nSPS) is 14.5. The standard InChI is InChI=1S/C22H19N3O3/c26-22(24-16-5-6-20-21(13-16)28-12-11-27-20)18-14-17(7-9-23-18)25-10-8-15-3-1-2-4-19(15)25/h1-7,9,13-14H,8,10-12H2,(H,24,26). The first-order chi connectivity index (χ1) is 13.8. The van der Waals surface area contributed by atoms with Gasteiger partial charge in [-0.05, 0) is 42.3 Å². The van der Waals surface area contributed by atoms with Crippen molar-refractivity contribution in [2.75, 3.05) is 30.0 Å². The second-order valence-corrected chi connectivity index (χ2v) is 6.74. The lowest BCUT2D eigenvalue weighted by Gasteiger charge is -2.20. The van der Waals surface area contributed by atoms with Crippen molar-refractivity contribution < 1.29 is 14.3 Å². The minimum Gasteiger partial charge on any atom is -0.486 e. The molecule has 0 radical (unpaired) electrons. The molecule has 3 aromatic rings. The summed E-state index contributed by atoms with van der Waals surface area (Å²) in [5.41, 5.74) is 4.49. The number of carbonyl (C=O) groups excluding carboxylic acids is 1. The number of pyridine rings is 1. The van der Waals surface area contributed by atoms with Gasteiger partial charge in [-0.15, -0.1) is 0 Å². The number of fused-ring (bicyclic) bond motifs is 2. The Hall–Kier alpha value is -3.54. The van der Waals surface area contributed by atoms with Gasteiger partial charge in [0, 0.05) is 35.9 Å². The third kappa shape index (κ3) is 3.03. The number of ether oxygens (including phenoxy) is 2. The summed E-state index contributed by atoms with van der Waals surface area (Å²) in [4.78, 5) is 19.2. The van der Waals surface area contributed by atoms with Crippen molar-refractivity contribution in [2.24, 2.45) is 0 Å². The van der Waals surface area contributed by atoms with Crippen LogP contribution in [0.1, 0.15) is 16.1 Å². The maximum Gasteiger partial charge on any atom is 0.274 e. The number of rotatable bonds is 3. The van der Waals surface area contributed by atoms with Gasteiger partial charge in [0.2, 0.25) is 0 Å². The van der Waals surface area contributed by atoms with Gasteiger partial charge < -0.3 is 19.7 Å². The summed E-state index contributed by atoms with van der Waals surface area (Å²) in [7, 11) is 0. The number of nitrogens with one attached hydrogen (secondary N) is 1. The lowest BCUT2D eigenvalue weighted by Crippen LogP contribution is -2.18. The van der Waals surface area contributed by atoms with Crippen molar-refractivity contribution in [3.8, 4) is 11.5 Å². The van der Waals surface area contributed by atoms with E-state index in [0.717, 1.165) is 18.7 Å². The van der Waals surface area contributed by atoms with Crippen LogP contribution in [0.3, 0.4) is 0 Å². The Morgan fingerprint density at radius 3 is 2.79 bits per heavy atom. The van der Waals surface area contributed by atoms with Crippen LogP contribution in [0.5, 0.6) is 11.5 Å². The molecule has 0 bridgehead atoms. The zero-order chi connectivity index (χ0) is 18.9. The molecule has 0 saturated heterocycles. The van der Waals surface area contributed by atoms with Gasteiger partial charge in [0.25, 0.3) is 5.91 Å². The van der Waals surface area contributed by atoms with Crippen molar-refractivity contribution >= 4 is 23.0 Å². The Morgan fingerprint density at radius 1 is 1.00 bits per heavy atom. The molecule has 1 N–H and O–H groups in total. The van der Waals surface area contributed by atoms with E-state index in [1.54, 1.807) is 24.4 Å². The highest BCUT2D eigenvalue weighted by atomic mass is 16.6. The topological polar surface area (TPSA) is 63.7 Å². The lowest BCUT2D eigenvalue weighted by molar-refractivity contribution is 0.102. The molecular formula is C22H19N3O3. The summed E-state index contributed by atoms with van der Waals surface area (Å²) >= 11 is 0. The molecule has 2 aromatic carbocycles. The quantitative estimate of drug-likeness (QED) is 0.757. The number of amides is 1. The van der Waals surface area contributed by atoms with Crippen LogP contribution in [0.2, 0.25) is 0 Å². The number of hydrogen-bond donors (Lipinski definition) is 1. The Labute approximate surface area is 162 Å². The van der Waals surface area contributed by atoms with Crippen LogP contribution in [0.4, 0.5) is 17.1 Å². The molecule has 6 heteroatoms. The zero-order valence-electron chi connectivity index (χ0n) is 15.2. The zero-order valence-corrected chi connectivity index (χ0v) is 15.2. The molecule has 28 heavy (non-hydrogen) atoms. The van der Waals surface area contributed by atoms with Crippen LogP contribution in [-0.2, 0) is 6.42 Å². The van der Waals surface area contributed by atoms with Crippen molar-refractivity contribution in [3.63, 3.8) is 0 Å². The summed E-state index contributed by atoms with van der Waals surface area (Å²) in [6.07, 6.45) is 2.67. The van der Waals surface area contributed by atoms with Crippen molar-refractivity contribution in [3.05, 3.63) is 72.1 Å². The molecule has 3 heterocycles. The molecule has 0 aliphatic carbocycles. The van der Waals surface area contributed by atoms with Gasteiger partial charge in [-0.2, -0.15) is 0 Å². The van der Waals surface area contributed by atoms with Crippen LogP contribution in [0.15, 0.2) is 60.8 Å². The fourth-order valence-electron chi connectivity index (χ4n) is 3.63. The summed E-state index contributed by atoms with van der Waals surface area (Å²) in [6, 6.07) is 17.5. The highest BCUT2D eigenvalue weighted by Crippen LogP contribution is 2.35. The Balaban J connectivity index is 1.37. The number of para-hydroxylation sites is 1. The van der Waals surface area contributed by atoms with Gasteiger partial charge in [-0.1, -0.05) is 18.2 Å². The van der Waals surface area contributed by atoms with Crippen LogP contribution >= 0.6 is 0 Å². The van der Waals surface area contributed by atoms with Crippen LogP contribution in [0.25, 0.3) is 0 Å². The number of aromatic nitrogens is 1. The van der Waals surface area contributed by atoms with Gasteiger partial charge in [-0.25, -0.2) is 0 Å². The molecule has 140 valence electrons. The van der Waals surface area contributed by atoms with Crippen molar-refractivity contribution in [1.29, 1.82) is 0 Å². The number of benzene rings is 2. The van der Waals surface area contributed by atoms with Crippen molar-refractivity contribution in [2.45, 2.75) is 6.42 Å². The van der Waals surface area contributed by atoms with E-state index in [1.807, 2.05) is 18.2 Å². The van der Waals surface area contributed by atoms with E-state index in [2.05, 4.69) is 33.4 Å². The monoisotopic (exact) mass is 373 g/mol. The minimum atomic E-state index is -0.258. The lowest BCUT2D eigenvalue weighted by atomic mass is 10.2. The van der Waals surface area contributed by atoms with Crippen LogP contribution in [-0.4, -0.2) is 30.6 Å². The maximum atomic E-state index is 12.7. The predicted octanol–water partition coefficient (Wildman–Crippen LogP) is 3.80. The van der Waals surface area contributed by atoms with E-state index in [-0.39, 0.29) is 5.91 Å². The molecule has 0 unspecified atom stereocenters. The van der Waals surface area contributed by atoms with E-state index in [4.69, 9.17) is 9.47 Å². The minimum absolute atomic E-state index is 0.258. The molecule has 2 aliphatic heterocycles. The molecule has 0 fully saturated rings. The summed E-state index contributed by atoms with van der Waals surface area (Å²) in [5, 5.41) is 2.89. The Bertz CT molecular complexity index is 1050. The first kappa shape index (κ1) is 16.6. The molecule has 1 aromatic heterocycles. The van der Waals surface area contributed by atoms with E-state index in [9.17, 15) is 4.79 Å². The molecule has 0 spiro atoms. The van der Waals surface area contributed by atoms with Gasteiger partial charge in [-0.3, -0.25) is 9.78 Å². The molecule has 0 saturated carbocycles. The van der Waals surface area contributed by atoms with Gasteiger partial charge in [0.1, 0.15) is 18.9 Å². The summed E-state index contributed by atoms with van der Waals surface area (Å²) in [5.74, 6) is 1.07. The number of anilines is 3. The molecule has 6 nitrogen and oxygen atoms in total. The SMILES string of the molecule is O=C(Nc1ccc2c(c1)OCCO2)c1cc(N2CCc3ccccc32)ccn1. The van der Waals surface area contributed by atoms with E-state index >= 15 is 0 Å². The first-order valence-electron chi connectivity index (χ1n) is 9.30. The largest absolute Gasteiger partial charge is 0.486 e. The smallest absolute Gasteiger partial charge is 0.274 e. The highest BCUT2D eigenvalue weighted by molar-refractivity contribution is 6.03. The maximum absolute atomic E-state index is 12.7. The third-order valence-corrected chi connectivity index (χ3v) is 4.98. The second kappa shape index (κ2) is 6.88. The van der Waals surface area contributed by atoms with E-state index in [1.165, 1.54) is 11.3 Å². The average Bonchev–Trinajstić information content (AvgIpc) is 3.18. The first-order valence-corrected chi connectivity index (χ1v) is 9.30. The number of hydrogen-bond acceptors (Lipinski definition) is 5. The fourth-order valence-corrected chi connectivity index (χ4v) is 3.63. The molecule has 1 amide bonds. The third-order valence-electron chi connectivity index (χ3n) is 4.98. The molecule has 2 aliphatic rings. The Kier molecular flexibility index (Phi) is 4.09. The molecule has 0 atom stereocenters. The second-order valence-electron chi connectivity index (χ2n) is 6.74. The van der Waals surface area contributed by atoms with Gasteiger partial charge in [0.05, 0.1) is 0 Å². The number of nitrogens with zero attached hydrogens (tertiary/aromatic N) is 2. The van der Waals surface area contributed by atoms with Gasteiger partial charge >= 0.3 is 0 Å². The molecule has 5 rings (SSSR count). The number of carbonyl (C=O) groups is 1. The van der Waals surface area contributed by atoms with Crippen molar-refractivity contribution in [1.82, 2.24) is 4.98 Å². The average molecular weight is 373 g/mol.